The summed E-state index contributed by atoms with van der Waals surface area (Å²) in [6, 6.07) is 7.08. The molecule has 2 rings (SSSR count). The number of aromatic hydroxyl groups is 1. The van der Waals surface area contributed by atoms with Crippen molar-refractivity contribution in [3.63, 3.8) is 0 Å². The second-order valence-electron chi connectivity index (χ2n) is 3.36. The Hall–Kier alpha value is -1.62. The number of aromatic nitrogens is 2. The van der Waals surface area contributed by atoms with Crippen molar-refractivity contribution in [3.05, 3.63) is 44.9 Å². The Morgan fingerprint density at radius 2 is 1.94 bits per heavy atom. The van der Waals surface area contributed by atoms with E-state index in [4.69, 9.17) is 0 Å². The van der Waals surface area contributed by atoms with Crippen LogP contribution < -0.4 is 5.56 Å². The molecule has 82 valence electrons. The van der Waals surface area contributed by atoms with E-state index in [1.807, 2.05) is 0 Å². The van der Waals surface area contributed by atoms with Crippen molar-refractivity contribution in [1.29, 1.82) is 0 Å². The van der Waals surface area contributed by atoms with Crippen LogP contribution in [0.1, 0.15) is 5.82 Å². The Kier molecular flexibility index (Phi) is 2.78. The zero-order valence-corrected chi connectivity index (χ0v) is 10.1. The van der Waals surface area contributed by atoms with Crippen LogP contribution in [0.15, 0.2) is 33.5 Å². The van der Waals surface area contributed by atoms with Gasteiger partial charge >= 0.3 is 0 Å². The summed E-state index contributed by atoms with van der Waals surface area (Å²) >= 11 is 3.30. The van der Waals surface area contributed by atoms with E-state index in [1.54, 1.807) is 31.2 Å². The second kappa shape index (κ2) is 4.09. The number of hydrogen-bond donors (Lipinski definition) is 2. The van der Waals surface area contributed by atoms with Crippen LogP contribution in [-0.4, -0.2) is 15.1 Å². The highest BCUT2D eigenvalue weighted by Crippen LogP contribution is 2.24. The van der Waals surface area contributed by atoms with Gasteiger partial charge in [0, 0.05) is 4.47 Å². The fourth-order valence-corrected chi connectivity index (χ4v) is 1.71. The number of H-pyrrole nitrogens is 1. The zero-order chi connectivity index (χ0) is 11.7. The van der Waals surface area contributed by atoms with E-state index >= 15 is 0 Å². The first-order valence-corrected chi connectivity index (χ1v) is 5.43. The van der Waals surface area contributed by atoms with E-state index in [9.17, 15) is 9.90 Å². The van der Waals surface area contributed by atoms with E-state index in [0.717, 1.165) is 4.47 Å². The summed E-state index contributed by atoms with van der Waals surface area (Å²) in [5, 5.41) is 9.65. The summed E-state index contributed by atoms with van der Waals surface area (Å²) in [4.78, 5) is 18.1. The highest BCUT2D eigenvalue weighted by Gasteiger charge is 2.11. The van der Waals surface area contributed by atoms with Crippen LogP contribution in [0, 0.1) is 6.92 Å². The molecule has 0 saturated heterocycles. The van der Waals surface area contributed by atoms with E-state index in [2.05, 4.69) is 25.9 Å². The molecule has 0 atom stereocenters. The van der Waals surface area contributed by atoms with Crippen LogP contribution in [-0.2, 0) is 0 Å². The van der Waals surface area contributed by atoms with Gasteiger partial charge in [-0.05, 0) is 24.6 Å². The lowest BCUT2D eigenvalue weighted by molar-refractivity contribution is 0.451. The average molecular weight is 281 g/mol. The van der Waals surface area contributed by atoms with Crippen molar-refractivity contribution >= 4 is 15.9 Å². The monoisotopic (exact) mass is 280 g/mol. The molecule has 4 nitrogen and oxygen atoms in total. The van der Waals surface area contributed by atoms with Crippen molar-refractivity contribution in [1.82, 2.24) is 9.97 Å². The first kappa shape index (κ1) is 10.9. The van der Waals surface area contributed by atoms with Crippen molar-refractivity contribution < 1.29 is 5.11 Å². The first-order chi connectivity index (χ1) is 7.58. The van der Waals surface area contributed by atoms with E-state index < -0.39 is 0 Å². The Bertz CT molecular complexity index is 576. The maximum atomic E-state index is 11.7. The molecule has 0 aliphatic carbocycles. The standard InChI is InChI=1S/C11H9BrN2O2/c1-6-13-10(15)9(11(16)14-6)7-2-4-8(12)5-3-7/h2-5H,1H3,(H2,13,14,15,16). The van der Waals surface area contributed by atoms with Crippen molar-refractivity contribution in [3.8, 4) is 17.0 Å². The Morgan fingerprint density at radius 3 is 2.50 bits per heavy atom. The Labute approximate surface area is 100 Å². The lowest BCUT2D eigenvalue weighted by Gasteiger charge is -2.03. The third-order valence-electron chi connectivity index (χ3n) is 2.15. The average Bonchev–Trinajstić information content (AvgIpc) is 2.19. The van der Waals surface area contributed by atoms with Crippen LogP contribution in [0.5, 0.6) is 5.88 Å². The summed E-state index contributed by atoms with van der Waals surface area (Å²) in [6.45, 7) is 1.62. The van der Waals surface area contributed by atoms with Gasteiger partial charge < -0.3 is 10.1 Å². The van der Waals surface area contributed by atoms with Gasteiger partial charge in [0.15, 0.2) is 0 Å². The zero-order valence-electron chi connectivity index (χ0n) is 8.49. The van der Waals surface area contributed by atoms with Gasteiger partial charge in [-0.15, -0.1) is 0 Å². The van der Waals surface area contributed by atoms with Crippen LogP contribution in [0.3, 0.4) is 0 Å². The number of nitrogens with one attached hydrogen (secondary N) is 1. The molecule has 0 spiro atoms. The van der Waals surface area contributed by atoms with Crippen LogP contribution >= 0.6 is 15.9 Å². The van der Waals surface area contributed by atoms with E-state index in [0.29, 0.717) is 11.4 Å². The summed E-state index contributed by atoms with van der Waals surface area (Å²) in [5.74, 6) is 0.145. The summed E-state index contributed by atoms with van der Waals surface area (Å²) < 4.78 is 0.909. The molecule has 1 aromatic carbocycles. The lowest BCUT2D eigenvalue weighted by Crippen LogP contribution is -2.12. The number of nitrogens with zero attached hydrogens (tertiary/aromatic N) is 1. The number of aromatic amines is 1. The molecule has 0 saturated carbocycles. The third-order valence-corrected chi connectivity index (χ3v) is 2.68. The molecule has 0 bridgehead atoms. The number of rotatable bonds is 1. The highest BCUT2D eigenvalue weighted by molar-refractivity contribution is 9.10. The van der Waals surface area contributed by atoms with Gasteiger partial charge in [-0.25, -0.2) is 4.98 Å². The molecule has 1 heterocycles. The maximum absolute atomic E-state index is 11.7. The normalized spacial score (nSPS) is 10.4. The molecule has 0 aliphatic heterocycles. The first-order valence-electron chi connectivity index (χ1n) is 4.64. The molecule has 2 N–H and O–H groups in total. The number of halogens is 1. The SMILES string of the molecule is Cc1nc(O)c(-c2ccc(Br)cc2)c(=O)[nH]1. The Balaban J connectivity index is 2.65. The summed E-state index contributed by atoms with van der Waals surface area (Å²) in [5.41, 5.74) is 0.486. The van der Waals surface area contributed by atoms with E-state index in [1.165, 1.54) is 0 Å². The fraction of sp³-hybridized carbons (Fsp3) is 0.0909. The van der Waals surface area contributed by atoms with Crippen LogP contribution in [0.25, 0.3) is 11.1 Å². The van der Waals surface area contributed by atoms with Gasteiger partial charge in [0.05, 0.1) is 0 Å². The third kappa shape index (κ3) is 1.99. The summed E-state index contributed by atoms with van der Waals surface area (Å²) in [7, 11) is 0. The fourth-order valence-electron chi connectivity index (χ4n) is 1.45. The molecule has 5 heteroatoms. The molecule has 0 fully saturated rings. The molecule has 0 aliphatic rings. The summed E-state index contributed by atoms with van der Waals surface area (Å²) in [6.07, 6.45) is 0. The molecule has 16 heavy (non-hydrogen) atoms. The van der Waals surface area contributed by atoms with Crippen molar-refractivity contribution in [2.24, 2.45) is 0 Å². The van der Waals surface area contributed by atoms with Gasteiger partial charge in [-0.2, -0.15) is 0 Å². The minimum Gasteiger partial charge on any atom is -0.493 e. The number of hydrogen-bond acceptors (Lipinski definition) is 3. The quantitative estimate of drug-likeness (QED) is 0.842. The number of aryl methyl sites for hydroxylation is 1. The molecular weight excluding hydrogens is 272 g/mol. The van der Waals surface area contributed by atoms with Crippen molar-refractivity contribution in [2.75, 3.05) is 0 Å². The predicted molar refractivity (Wildman–Crippen MR) is 64.4 cm³/mol. The van der Waals surface area contributed by atoms with E-state index in [-0.39, 0.29) is 17.0 Å². The second-order valence-corrected chi connectivity index (χ2v) is 4.27. The topological polar surface area (TPSA) is 66.0 Å². The van der Waals surface area contributed by atoms with Gasteiger partial charge in [-0.1, -0.05) is 28.1 Å². The minimum atomic E-state index is -0.340. The van der Waals surface area contributed by atoms with Gasteiger partial charge in [0.2, 0.25) is 5.88 Å². The lowest BCUT2D eigenvalue weighted by atomic mass is 10.1. The van der Waals surface area contributed by atoms with Crippen molar-refractivity contribution in [2.45, 2.75) is 6.92 Å². The molecule has 2 aromatic rings. The number of benzene rings is 1. The largest absolute Gasteiger partial charge is 0.493 e. The highest BCUT2D eigenvalue weighted by atomic mass is 79.9. The van der Waals surface area contributed by atoms with Gasteiger partial charge in [-0.3, -0.25) is 4.79 Å². The molecule has 0 amide bonds. The van der Waals surface area contributed by atoms with Crippen LogP contribution in [0.4, 0.5) is 0 Å². The van der Waals surface area contributed by atoms with Gasteiger partial charge in [0.1, 0.15) is 11.4 Å². The Morgan fingerprint density at radius 1 is 1.31 bits per heavy atom. The van der Waals surface area contributed by atoms with Crippen LogP contribution in [0.2, 0.25) is 0 Å². The minimum absolute atomic E-state index is 0.193. The molecule has 0 unspecified atom stereocenters. The smallest absolute Gasteiger partial charge is 0.262 e. The molecular formula is C11H9BrN2O2. The molecule has 0 radical (unpaired) electrons. The van der Waals surface area contributed by atoms with Gasteiger partial charge in [0.25, 0.3) is 5.56 Å². The maximum Gasteiger partial charge on any atom is 0.262 e. The molecule has 1 aromatic heterocycles. The predicted octanol–water partition coefficient (Wildman–Crippen LogP) is 2.21.